The van der Waals surface area contributed by atoms with E-state index in [2.05, 4.69) is 4.98 Å². The van der Waals surface area contributed by atoms with Crippen molar-refractivity contribution in [3.63, 3.8) is 0 Å². The van der Waals surface area contributed by atoms with Crippen molar-refractivity contribution in [2.45, 2.75) is 31.5 Å². The van der Waals surface area contributed by atoms with Gasteiger partial charge in [-0.1, -0.05) is 0 Å². The highest BCUT2D eigenvalue weighted by Gasteiger charge is 2.35. The van der Waals surface area contributed by atoms with E-state index >= 15 is 0 Å². The minimum atomic E-state index is -0.878. The third-order valence-electron chi connectivity index (χ3n) is 2.91. The van der Waals surface area contributed by atoms with Gasteiger partial charge in [0.1, 0.15) is 12.3 Å². The summed E-state index contributed by atoms with van der Waals surface area (Å²) < 4.78 is 6.38. The van der Waals surface area contributed by atoms with Gasteiger partial charge in [0.25, 0.3) is 5.56 Å². The number of H-pyrrole nitrogens is 1. The van der Waals surface area contributed by atoms with Crippen molar-refractivity contribution in [1.29, 1.82) is 0 Å². The molecule has 0 saturated carbocycles. The lowest BCUT2D eigenvalue weighted by Crippen LogP contribution is -2.34. The van der Waals surface area contributed by atoms with Gasteiger partial charge in [0.2, 0.25) is 0 Å². The highest BCUT2D eigenvalue weighted by Crippen LogP contribution is 2.27. The fourth-order valence-corrected chi connectivity index (χ4v) is 1.90. The van der Waals surface area contributed by atoms with Crippen LogP contribution in [0.3, 0.4) is 0 Å². The molecule has 2 rings (SSSR count). The second-order valence-electron chi connectivity index (χ2n) is 4.09. The maximum Gasteiger partial charge on any atom is 0.330 e. The van der Waals surface area contributed by atoms with Gasteiger partial charge in [0, 0.05) is 12.6 Å². The molecule has 1 aliphatic heterocycles. The summed E-state index contributed by atoms with van der Waals surface area (Å²) in [6, 6.07) is 0. The lowest BCUT2D eigenvalue weighted by atomic mass is 10.2. The van der Waals surface area contributed by atoms with Crippen molar-refractivity contribution in [3.8, 4) is 0 Å². The van der Waals surface area contributed by atoms with E-state index in [1.165, 1.54) is 6.20 Å². The zero-order valence-electron chi connectivity index (χ0n) is 9.44. The van der Waals surface area contributed by atoms with Crippen LogP contribution in [-0.2, 0) is 11.3 Å². The predicted molar refractivity (Wildman–Crippen MR) is 58.9 cm³/mol. The number of rotatable bonds is 3. The third kappa shape index (κ3) is 2.23. The largest absolute Gasteiger partial charge is 0.394 e. The first-order valence-corrected chi connectivity index (χ1v) is 5.46. The van der Waals surface area contributed by atoms with Crippen molar-refractivity contribution in [1.82, 2.24) is 9.55 Å². The zero-order chi connectivity index (χ0) is 13.3. The second kappa shape index (κ2) is 5.02. The summed E-state index contributed by atoms with van der Waals surface area (Å²) in [5, 5.41) is 27.5. The number of nitrogens with zero attached hydrogens (tertiary/aromatic N) is 1. The van der Waals surface area contributed by atoms with Gasteiger partial charge in [0.05, 0.1) is 24.9 Å². The Morgan fingerprint density at radius 2 is 2.17 bits per heavy atom. The van der Waals surface area contributed by atoms with Crippen LogP contribution in [0.4, 0.5) is 0 Å². The van der Waals surface area contributed by atoms with Crippen LogP contribution in [0.2, 0.25) is 0 Å². The first-order valence-electron chi connectivity index (χ1n) is 5.46. The molecule has 8 nitrogen and oxygen atoms in total. The molecule has 8 heteroatoms. The number of aromatic amines is 1. The molecular formula is C10H14N2O6. The molecule has 1 fully saturated rings. The fraction of sp³-hybridized carbons (Fsp3) is 0.600. The molecule has 1 saturated heterocycles. The molecule has 1 aromatic heterocycles. The Morgan fingerprint density at radius 3 is 2.72 bits per heavy atom. The smallest absolute Gasteiger partial charge is 0.330 e. The van der Waals surface area contributed by atoms with Crippen molar-refractivity contribution in [3.05, 3.63) is 32.6 Å². The van der Waals surface area contributed by atoms with Crippen LogP contribution in [0.1, 0.15) is 18.2 Å². The second-order valence-corrected chi connectivity index (χ2v) is 4.09. The summed E-state index contributed by atoms with van der Waals surface area (Å²) in [4.78, 5) is 24.9. The molecule has 1 aliphatic rings. The van der Waals surface area contributed by atoms with Crippen LogP contribution in [-0.4, -0.2) is 43.7 Å². The quantitative estimate of drug-likeness (QED) is 0.482. The monoisotopic (exact) mass is 258 g/mol. The number of aliphatic hydroxyl groups excluding tert-OH is 3. The van der Waals surface area contributed by atoms with Crippen LogP contribution in [0.15, 0.2) is 15.8 Å². The molecule has 3 atom stereocenters. The van der Waals surface area contributed by atoms with Gasteiger partial charge in [-0.15, -0.1) is 0 Å². The molecule has 2 heterocycles. The van der Waals surface area contributed by atoms with Crippen molar-refractivity contribution in [2.75, 3.05) is 6.61 Å². The number of hydrogen-bond acceptors (Lipinski definition) is 6. The van der Waals surface area contributed by atoms with Gasteiger partial charge in [-0.25, -0.2) is 4.79 Å². The molecule has 0 radical (unpaired) electrons. The third-order valence-corrected chi connectivity index (χ3v) is 2.91. The van der Waals surface area contributed by atoms with Gasteiger partial charge in [-0.2, -0.15) is 0 Å². The number of nitrogens with one attached hydrogen (secondary N) is 1. The van der Waals surface area contributed by atoms with Crippen molar-refractivity contribution in [2.24, 2.45) is 0 Å². The average Bonchev–Trinajstić information content (AvgIpc) is 2.70. The Labute approximate surface area is 101 Å². The zero-order valence-corrected chi connectivity index (χ0v) is 9.44. The van der Waals surface area contributed by atoms with Crippen molar-refractivity contribution < 1.29 is 20.1 Å². The molecule has 100 valence electrons. The minimum absolute atomic E-state index is 0.0279. The average molecular weight is 258 g/mol. The van der Waals surface area contributed by atoms with Crippen molar-refractivity contribution >= 4 is 0 Å². The Kier molecular flexibility index (Phi) is 3.62. The van der Waals surface area contributed by atoms with E-state index in [1.807, 2.05) is 0 Å². The van der Waals surface area contributed by atoms with Gasteiger partial charge in [-0.05, 0) is 0 Å². The van der Waals surface area contributed by atoms with Crippen LogP contribution in [0, 0.1) is 0 Å². The summed E-state index contributed by atoms with van der Waals surface area (Å²) in [6.07, 6.45) is -1.09. The van der Waals surface area contributed by atoms with E-state index in [0.29, 0.717) is 0 Å². The van der Waals surface area contributed by atoms with E-state index in [4.69, 9.17) is 14.9 Å². The molecular weight excluding hydrogens is 244 g/mol. The van der Waals surface area contributed by atoms with Crippen LogP contribution in [0.5, 0.6) is 0 Å². The molecule has 0 spiro atoms. The fourth-order valence-electron chi connectivity index (χ4n) is 1.90. The van der Waals surface area contributed by atoms with Crippen LogP contribution in [0.25, 0.3) is 0 Å². The number of ether oxygens (including phenoxy) is 1. The summed E-state index contributed by atoms with van der Waals surface area (Å²) in [5.74, 6) is 0. The predicted octanol–water partition coefficient (Wildman–Crippen LogP) is -2.33. The minimum Gasteiger partial charge on any atom is -0.394 e. The summed E-state index contributed by atoms with van der Waals surface area (Å²) >= 11 is 0. The van der Waals surface area contributed by atoms with E-state index in [1.54, 1.807) is 0 Å². The van der Waals surface area contributed by atoms with E-state index in [-0.39, 0.29) is 18.6 Å². The molecule has 0 bridgehead atoms. The van der Waals surface area contributed by atoms with E-state index in [0.717, 1.165) is 4.57 Å². The summed E-state index contributed by atoms with van der Waals surface area (Å²) in [6.45, 7) is -0.864. The number of aliphatic hydroxyl groups is 3. The maximum atomic E-state index is 11.6. The topological polar surface area (TPSA) is 125 Å². The molecule has 0 aromatic carbocycles. The maximum absolute atomic E-state index is 11.6. The molecule has 0 aliphatic carbocycles. The standard InChI is InChI=1S/C10H14N2O6/c13-3-5-2-12(10(17)11-9(5)16)8-1-6(15)7(4-14)18-8/h2,6-8,13-15H,1,3-4H2,(H,11,16,17)/t6?,7-,8-/m1/s1. The molecule has 1 unspecified atom stereocenters. The Morgan fingerprint density at radius 1 is 1.44 bits per heavy atom. The lowest BCUT2D eigenvalue weighted by molar-refractivity contribution is -0.0460. The Bertz CT molecular complexity index is 536. The Hall–Kier alpha value is -1.48. The number of aromatic nitrogens is 2. The Balaban J connectivity index is 2.35. The summed E-state index contributed by atoms with van der Waals surface area (Å²) in [5.41, 5.74) is -1.32. The van der Waals surface area contributed by atoms with E-state index < -0.39 is 36.3 Å². The normalized spacial score (nSPS) is 27.6. The van der Waals surface area contributed by atoms with Gasteiger partial charge in [-0.3, -0.25) is 14.3 Å². The lowest BCUT2D eigenvalue weighted by Gasteiger charge is -2.14. The summed E-state index contributed by atoms with van der Waals surface area (Å²) in [7, 11) is 0. The molecule has 1 aromatic rings. The molecule has 0 amide bonds. The van der Waals surface area contributed by atoms with Gasteiger partial charge < -0.3 is 20.1 Å². The molecule has 18 heavy (non-hydrogen) atoms. The SMILES string of the molecule is O=c1[nH]c(=O)n([C@H]2CC(O)[C@@H](CO)O2)cc1CO. The first-order chi connectivity index (χ1) is 8.56. The van der Waals surface area contributed by atoms with E-state index in [9.17, 15) is 14.7 Å². The highest BCUT2D eigenvalue weighted by atomic mass is 16.5. The number of hydrogen-bond donors (Lipinski definition) is 4. The van der Waals surface area contributed by atoms with Crippen LogP contribution < -0.4 is 11.2 Å². The molecule has 4 N–H and O–H groups in total. The highest BCUT2D eigenvalue weighted by molar-refractivity contribution is 5.03. The van der Waals surface area contributed by atoms with Gasteiger partial charge >= 0.3 is 5.69 Å². The van der Waals surface area contributed by atoms with Crippen LogP contribution >= 0.6 is 0 Å². The first kappa shape index (κ1) is 13.0. The van der Waals surface area contributed by atoms with Gasteiger partial charge in [0.15, 0.2) is 0 Å².